The van der Waals surface area contributed by atoms with E-state index in [-0.39, 0.29) is 5.57 Å². The first-order valence-corrected chi connectivity index (χ1v) is 12.3. The molecule has 0 saturated carbocycles. The molecule has 0 atom stereocenters. The topological polar surface area (TPSA) is 62.1 Å². The van der Waals surface area contributed by atoms with Gasteiger partial charge in [0.1, 0.15) is 18.2 Å². The highest BCUT2D eigenvalue weighted by atomic mass is 35.5. The molecule has 0 spiro atoms. The van der Waals surface area contributed by atoms with Gasteiger partial charge >= 0.3 is 0 Å². The van der Waals surface area contributed by atoms with Crippen LogP contribution in [0.15, 0.2) is 90.5 Å². The van der Waals surface area contributed by atoms with Crippen LogP contribution in [0.5, 0.6) is 5.75 Å². The first-order chi connectivity index (χ1) is 17.5. The Morgan fingerprint density at radius 3 is 2.31 bits per heavy atom. The van der Waals surface area contributed by atoms with Crippen molar-refractivity contribution >= 4 is 46.0 Å². The van der Waals surface area contributed by atoms with Gasteiger partial charge in [-0.25, -0.2) is 0 Å². The van der Waals surface area contributed by atoms with Crippen molar-refractivity contribution in [2.24, 2.45) is 0 Å². The largest absolute Gasteiger partial charge is 0.486 e. The minimum Gasteiger partial charge on any atom is -0.486 e. The molecule has 0 aliphatic carbocycles. The molecule has 0 saturated heterocycles. The van der Waals surface area contributed by atoms with Gasteiger partial charge in [-0.05, 0) is 64.6 Å². The Morgan fingerprint density at radius 2 is 1.58 bits per heavy atom. The predicted molar refractivity (Wildman–Crippen MR) is 146 cm³/mol. The maximum Gasteiger partial charge on any atom is 0.261 e. The summed E-state index contributed by atoms with van der Waals surface area (Å²) >= 11 is 12.9. The molecule has 0 aliphatic heterocycles. The molecule has 4 aromatic carbocycles. The van der Waals surface area contributed by atoms with Gasteiger partial charge in [0.15, 0.2) is 5.75 Å². The van der Waals surface area contributed by atoms with Crippen LogP contribution in [0.4, 0.5) is 0 Å². The number of ether oxygens (including phenoxy) is 1. The zero-order valence-electron chi connectivity index (χ0n) is 19.5. The number of fused-ring (bicyclic) bond motifs is 1. The second kappa shape index (κ2) is 12.3. The van der Waals surface area contributed by atoms with Crippen molar-refractivity contribution in [2.45, 2.75) is 19.4 Å². The molecule has 0 heterocycles. The molecule has 0 unspecified atom stereocenters. The molecule has 0 bridgehead atoms. The summed E-state index contributed by atoms with van der Waals surface area (Å²) in [6, 6.07) is 29.4. The number of hydrogen-bond donors (Lipinski definition) is 1. The fraction of sp³-hybridized carbons (Fsp3) is 0.133. The van der Waals surface area contributed by atoms with E-state index in [4.69, 9.17) is 27.9 Å². The van der Waals surface area contributed by atoms with Gasteiger partial charge in [0.25, 0.3) is 5.91 Å². The number of aryl methyl sites for hydroxylation is 1. The first-order valence-electron chi connectivity index (χ1n) is 11.6. The normalized spacial score (nSPS) is 11.2. The third-order valence-electron chi connectivity index (χ3n) is 5.66. The Labute approximate surface area is 220 Å². The molecule has 1 amide bonds. The van der Waals surface area contributed by atoms with Gasteiger partial charge in [0.2, 0.25) is 0 Å². The van der Waals surface area contributed by atoms with Crippen LogP contribution in [0.1, 0.15) is 23.1 Å². The van der Waals surface area contributed by atoms with Gasteiger partial charge in [-0.1, -0.05) is 89.9 Å². The average molecular weight is 515 g/mol. The van der Waals surface area contributed by atoms with E-state index in [0.29, 0.717) is 34.5 Å². The van der Waals surface area contributed by atoms with E-state index < -0.39 is 5.91 Å². The number of halogens is 2. The van der Waals surface area contributed by atoms with E-state index in [1.54, 1.807) is 12.1 Å². The highest BCUT2D eigenvalue weighted by molar-refractivity contribution is 6.37. The van der Waals surface area contributed by atoms with Gasteiger partial charge in [0.05, 0.1) is 10.0 Å². The molecule has 4 nitrogen and oxygen atoms in total. The fourth-order valence-electron chi connectivity index (χ4n) is 3.83. The molecular weight excluding hydrogens is 491 g/mol. The van der Waals surface area contributed by atoms with E-state index >= 15 is 0 Å². The van der Waals surface area contributed by atoms with Crippen LogP contribution >= 0.6 is 23.2 Å². The second-order valence-corrected chi connectivity index (χ2v) is 9.11. The summed E-state index contributed by atoms with van der Waals surface area (Å²) in [7, 11) is 0. The smallest absolute Gasteiger partial charge is 0.261 e. The molecule has 36 heavy (non-hydrogen) atoms. The summed E-state index contributed by atoms with van der Waals surface area (Å²) in [5.74, 6) is -0.0815. The van der Waals surface area contributed by atoms with E-state index in [9.17, 15) is 10.1 Å². The Hall–Kier alpha value is -3.78. The monoisotopic (exact) mass is 514 g/mol. The van der Waals surface area contributed by atoms with Crippen LogP contribution in [0, 0.1) is 11.3 Å². The number of nitrogens with one attached hydrogen (secondary N) is 1. The van der Waals surface area contributed by atoms with Crippen molar-refractivity contribution < 1.29 is 9.53 Å². The van der Waals surface area contributed by atoms with Crippen molar-refractivity contribution in [3.8, 4) is 11.8 Å². The van der Waals surface area contributed by atoms with Crippen molar-refractivity contribution in [1.29, 1.82) is 5.26 Å². The number of nitrogens with zero attached hydrogens (tertiary/aromatic N) is 1. The molecule has 1 N–H and O–H groups in total. The average Bonchev–Trinajstić information content (AvgIpc) is 2.89. The van der Waals surface area contributed by atoms with Gasteiger partial charge in [0, 0.05) is 6.54 Å². The molecule has 0 aromatic heterocycles. The lowest BCUT2D eigenvalue weighted by Crippen LogP contribution is -2.25. The van der Waals surface area contributed by atoms with Gasteiger partial charge in [-0.3, -0.25) is 4.79 Å². The maximum absolute atomic E-state index is 12.5. The van der Waals surface area contributed by atoms with Crippen molar-refractivity contribution in [2.75, 3.05) is 6.54 Å². The van der Waals surface area contributed by atoms with E-state index in [2.05, 4.69) is 17.4 Å². The fourth-order valence-corrected chi connectivity index (χ4v) is 4.45. The Balaban J connectivity index is 1.38. The summed E-state index contributed by atoms with van der Waals surface area (Å²) in [5.41, 5.74) is 2.71. The maximum atomic E-state index is 12.5. The summed E-state index contributed by atoms with van der Waals surface area (Å²) in [4.78, 5) is 12.5. The quantitative estimate of drug-likeness (QED) is 0.144. The van der Waals surface area contributed by atoms with Crippen molar-refractivity contribution in [3.63, 3.8) is 0 Å². The lowest BCUT2D eigenvalue weighted by atomic mass is 10.1. The Bertz CT molecular complexity index is 1420. The number of carbonyl (C=O) groups is 1. The molecule has 4 aromatic rings. The minimum absolute atomic E-state index is 0.0216. The lowest BCUT2D eigenvalue weighted by molar-refractivity contribution is -0.117. The summed E-state index contributed by atoms with van der Waals surface area (Å²) in [5, 5.41) is 15.2. The number of hydrogen-bond acceptors (Lipinski definition) is 3. The standard InChI is InChI=1S/C30H24Cl2N2O2/c31-27-17-23(16-26(19-33)30(35)34-14-6-9-21-7-2-1-3-8-21)18-28(32)29(27)36-20-22-12-13-24-10-4-5-11-25(24)15-22/h1-5,7-8,10-13,15-18H,6,9,14,20H2,(H,34,35)/b26-16-. The third kappa shape index (κ3) is 6.66. The van der Waals surface area contributed by atoms with E-state index in [1.165, 1.54) is 11.6 Å². The van der Waals surface area contributed by atoms with Gasteiger partial charge in [-0.2, -0.15) is 5.26 Å². The lowest BCUT2D eigenvalue weighted by Gasteiger charge is -2.12. The second-order valence-electron chi connectivity index (χ2n) is 8.30. The summed E-state index contributed by atoms with van der Waals surface area (Å²) < 4.78 is 5.91. The first kappa shape index (κ1) is 25.3. The Kier molecular flexibility index (Phi) is 8.62. The zero-order chi connectivity index (χ0) is 25.3. The SMILES string of the molecule is N#C/C(=C/c1cc(Cl)c(OCc2ccc3ccccc3c2)c(Cl)c1)C(=O)NCCCc1ccccc1. The zero-order valence-corrected chi connectivity index (χ0v) is 21.0. The molecule has 6 heteroatoms. The molecule has 0 radical (unpaired) electrons. The number of carbonyl (C=O) groups excluding carboxylic acids is 1. The van der Waals surface area contributed by atoms with E-state index in [1.807, 2.05) is 66.7 Å². The van der Waals surface area contributed by atoms with Crippen LogP contribution in [-0.2, 0) is 17.8 Å². The number of rotatable bonds is 9. The molecule has 4 rings (SSSR count). The van der Waals surface area contributed by atoms with Crippen LogP contribution < -0.4 is 10.1 Å². The van der Waals surface area contributed by atoms with E-state index in [0.717, 1.165) is 29.2 Å². The molecule has 0 aliphatic rings. The highest BCUT2D eigenvalue weighted by Gasteiger charge is 2.13. The van der Waals surface area contributed by atoms with Gasteiger partial charge in [-0.15, -0.1) is 0 Å². The highest BCUT2D eigenvalue weighted by Crippen LogP contribution is 2.35. The minimum atomic E-state index is -0.436. The van der Waals surface area contributed by atoms with Crippen LogP contribution in [-0.4, -0.2) is 12.5 Å². The van der Waals surface area contributed by atoms with Gasteiger partial charge < -0.3 is 10.1 Å². The molecule has 0 fully saturated rings. The van der Waals surface area contributed by atoms with Crippen LogP contribution in [0.2, 0.25) is 10.0 Å². The predicted octanol–water partition coefficient (Wildman–Crippen LogP) is 7.38. The Morgan fingerprint density at radius 1 is 0.889 bits per heavy atom. The van der Waals surface area contributed by atoms with Crippen LogP contribution in [0.3, 0.4) is 0 Å². The third-order valence-corrected chi connectivity index (χ3v) is 6.23. The molecular formula is C30H24Cl2N2O2. The van der Waals surface area contributed by atoms with Crippen LogP contribution in [0.25, 0.3) is 16.8 Å². The van der Waals surface area contributed by atoms with Crippen molar-refractivity contribution in [1.82, 2.24) is 5.32 Å². The summed E-state index contributed by atoms with van der Waals surface area (Å²) in [6.07, 6.45) is 3.09. The number of nitriles is 1. The number of amides is 1. The van der Waals surface area contributed by atoms with Crippen molar-refractivity contribution in [3.05, 3.63) is 117 Å². The molecule has 180 valence electrons. The number of benzene rings is 4. The summed E-state index contributed by atoms with van der Waals surface area (Å²) in [6.45, 7) is 0.768.